The highest BCUT2D eigenvalue weighted by Gasteiger charge is 2.51. The van der Waals surface area contributed by atoms with Gasteiger partial charge in [0.2, 0.25) is 0 Å². The number of hydrogen-bond donors (Lipinski definition) is 0. The van der Waals surface area contributed by atoms with Gasteiger partial charge in [0, 0.05) is 47.8 Å². The van der Waals surface area contributed by atoms with Gasteiger partial charge in [-0.2, -0.15) is 0 Å². The summed E-state index contributed by atoms with van der Waals surface area (Å²) in [5.41, 5.74) is 20.4. The van der Waals surface area contributed by atoms with E-state index in [-0.39, 0.29) is 34.7 Å². The van der Waals surface area contributed by atoms with Crippen molar-refractivity contribution in [3.8, 4) is 0 Å². The first-order chi connectivity index (χ1) is 32.2. The van der Waals surface area contributed by atoms with E-state index in [1.165, 1.54) is 66.8 Å². The van der Waals surface area contributed by atoms with Gasteiger partial charge in [0.1, 0.15) is 0 Å². The largest absolute Gasteiger partial charge is 0.282 e. The van der Waals surface area contributed by atoms with Gasteiger partial charge in [0.05, 0.1) is 6.67 Å². The second kappa shape index (κ2) is 21.6. The Morgan fingerprint density at radius 2 is 0.657 bits per heavy atom. The zero-order valence-corrected chi connectivity index (χ0v) is 44.5. The number of benzene rings is 4. The molecular weight excluding hydrogens is 809 g/mol. The van der Waals surface area contributed by atoms with Crippen LogP contribution >= 0.6 is 0 Å². The smallest absolute Gasteiger partial charge is 0.0519 e. The first kappa shape index (κ1) is 50.6. The fourth-order valence-electron chi connectivity index (χ4n) is 12.5. The second-order valence-electron chi connectivity index (χ2n) is 21.4. The highest BCUT2D eigenvalue weighted by atomic mass is 15.4. The number of nitrogens with zero attached hydrogens (tertiary/aromatic N) is 2. The standard InChI is InChI=1S/C65H88N2/c1-15-48-31-49(16-2)36-56(35-48)44(9)60-25-23-27-64(13,46(11)58-39-52(19-5)33-53(20-6)40-58)62(60)66-29-30-67(43-66)63-61(45(10)57-37-50(17-3)32-51(18-4)38-57)26-24-28-65(63,14)47(12)59-41-54(21-7)34-55(22-8)42-59/h23-28,31-42,44-47,62-63H,15-22,29-30,43H2,1-14H3. The van der Waals surface area contributed by atoms with E-state index in [2.05, 4.69) is 216 Å². The summed E-state index contributed by atoms with van der Waals surface area (Å²) in [5.74, 6) is 1.21. The quantitative estimate of drug-likeness (QED) is 0.0982. The molecule has 0 radical (unpaired) electrons. The van der Waals surface area contributed by atoms with E-state index in [1.54, 1.807) is 11.1 Å². The van der Waals surface area contributed by atoms with Gasteiger partial charge in [-0.1, -0.05) is 206 Å². The second-order valence-corrected chi connectivity index (χ2v) is 21.4. The molecule has 0 amide bonds. The molecule has 67 heavy (non-hydrogen) atoms. The summed E-state index contributed by atoms with van der Waals surface area (Å²) >= 11 is 0. The van der Waals surface area contributed by atoms with E-state index in [0.29, 0.717) is 11.8 Å². The van der Waals surface area contributed by atoms with Gasteiger partial charge in [0.25, 0.3) is 0 Å². The Morgan fingerprint density at radius 3 is 0.910 bits per heavy atom. The molecule has 2 aliphatic carbocycles. The lowest BCUT2D eigenvalue weighted by atomic mass is 9.62. The zero-order chi connectivity index (χ0) is 48.2. The first-order valence-corrected chi connectivity index (χ1v) is 27.0. The van der Waals surface area contributed by atoms with Gasteiger partial charge in [0.15, 0.2) is 0 Å². The van der Waals surface area contributed by atoms with Crippen LogP contribution in [-0.2, 0) is 51.4 Å². The van der Waals surface area contributed by atoms with Crippen molar-refractivity contribution in [2.24, 2.45) is 10.8 Å². The van der Waals surface area contributed by atoms with E-state index in [9.17, 15) is 0 Å². The van der Waals surface area contributed by atoms with Gasteiger partial charge >= 0.3 is 0 Å². The molecule has 0 spiro atoms. The van der Waals surface area contributed by atoms with Crippen molar-refractivity contribution < 1.29 is 0 Å². The lowest BCUT2D eigenvalue weighted by Gasteiger charge is -2.51. The molecule has 1 saturated heterocycles. The number of allylic oxidation sites excluding steroid dienone is 4. The summed E-state index contributed by atoms with van der Waals surface area (Å²) in [4.78, 5) is 5.87. The fourth-order valence-corrected chi connectivity index (χ4v) is 12.5. The highest BCUT2D eigenvalue weighted by Crippen LogP contribution is 2.53. The van der Waals surface area contributed by atoms with Crippen LogP contribution in [0.5, 0.6) is 0 Å². The minimum atomic E-state index is -0.134. The summed E-state index contributed by atoms with van der Waals surface area (Å²) in [6, 6.07) is 30.4. The summed E-state index contributed by atoms with van der Waals surface area (Å²) in [5, 5.41) is 0. The Balaban J connectivity index is 1.36. The number of rotatable bonds is 18. The van der Waals surface area contributed by atoms with Gasteiger partial charge in [-0.05, 0) is 141 Å². The van der Waals surface area contributed by atoms with Gasteiger partial charge < -0.3 is 0 Å². The Morgan fingerprint density at radius 1 is 0.403 bits per heavy atom. The van der Waals surface area contributed by atoms with Crippen molar-refractivity contribution in [3.05, 3.63) is 187 Å². The third-order valence-electron chi connectivity index (χ3n) is 17.5. The molecule has 0 N–H and O–H groups in total. The Bertz CT molecular complexity index is 2220. The van der Waals surface area contributed by atoms with Gasteiger partial charge in [-0.3, -0.25) is 9.80 Å². The first-order valence-electron chi connectivity index (χ1n) is 27.0. The Labute approximate surface area is 409 Å². The third kappa shape index (κ3) is 10.2. The van der Waals surface area contributed by atoms with Gasteiger partial charge in [-0.25, -0.2) is 0 Å². The topological polar surface area (TPSA) is 6.48 Å². The fraction of sp³-hybridized carbons (Fsp3) is 0.508. The molecule has 1 aliphatic heterocycles. The molecule has 8 unspecified atom stereocenters. The summed E-state index contributed by atoms with van der Waals surface area (Å²) in [6.07, 6.45) is 23.6. The summed E-state index contributed by atoms with van der Waals surface area (Å²) in [7, 11) is 0. The van der Waals surface area contributed by atoms with E-state index in [1.807, 2.05) is 0 Å². The molecular formula is C65H88N2. The molecule has 1 fully saturated rings. The SMILES string of the molecule is CCc1cc(CC)cc(C(C)C2=CC=CC(C)(C(C)c3cc(CC)cc(CC)c3)C2N2CCN(C3C(C(C)c4cc(CC)cc(CC)c4)=CC=CC3(C)C(C)c3cc(CC)cc(CC)c3)C2)c1. The number of hydrogen-bond acceptors (Lipinski definition) is 2. The minimum Gasteiger partial charge on any atom is -0.282 e. The number of aryl methyl sites for hydroxylation is 8. The van der Waals surface area contributed by atoms with Crippen molar-refractivity contribution in [1.82, 2.24) is 9.80 Å². The van der Waals surface area contributed by atoms with Crippen molar-refractivity contribution >= 4 is 0 Å². The van der Waals surface area contributed by atoms with Crippen molar-refractivity contribution in [2.75, 3.05) is 19.8 Å². The predicted octanol–water partition coefficient (Wildman–Crippen LogP) is 16.0. The molecule has 3 aliphatic rings. The normalized spacial score (nSPS) is 24.1. The lowest BCUT2D eigenvalue weighted by molar-refractivity contribution is 0.0771. The van der Waals surface area contributed by atoms with Crippen LogP contribution in [0, 0.1) is 10.8 Å². The van der Waals surface area contributed by atoms with E-state index >= 15 is 0 Å². The van der Waals surface area contributed by atoms with Crippen LogP contribution in [0.3, 0.4) is 0 Å². The van der Waals surface area contributed by atoms with Crippen molar-refractivity contribution in [2.45, 2.75) is 184 Å². The van der Waals surface area contributed by atoms with Crippen LogP contribution in [-0.4, -0.2) is 41.6 Å². The van der Waals surface area contributed by atoms with Gasteiger partial charge in [-0.15, -0.1) is 0 Å². The van der Waals surface area contributed by atoms with Crippen molar-refractivity contribution in [3.63, 3.8) is 0 Å². The molecule has 358 valence electrons. The maximum atomic E-state index is 2.93. The molecule has 8 atom stereocenters. The predicted molar refractivity (Wildman–Crippen MR) is 291 cm³/mol. The monoisotopic (exact) mass is 897 g/mol. The van der Waals surface area contributed by atoms with E-state index < -0.39 is 0 Å². The molecule has 0 bridgehead atoms. The molecule has 0 saturated carbocycles. The summed E-state index contributed by atoms with van der Waals surface area (Å²) < 4.78 is 0. The van der Waals surface area contributed by atoms with Crippen LogP contribution in [0.15, 0.2) is 120 Å². The van der Waals surface area contributed by atoms with Crippen LogP contribution in [0.25, 0.3) is 0 Å². The average Bonchev–Trinajstić information content (AvgIpc) is 3.85. The molecule has 2 nitrogen and oxygen atoms in total. The third-order valence-corrected chi connectivity index (χ3v) is 17.5. The van der Waals surface area contributed by atoms with Crippen LogP contribution in [0.2, 0.25) is 0 Å². The zero-order valence-electron chi connectivity index (χ0n) is 44.5. The van der Waals surface area contributed by atoms with E-state index in [4.69, 9.17) is 0 Å². The highest BCUT2D eigenvalue weighted by molar-refractivity contribution is 5.47. The molecule has 4 aromatic carbocycles. The molecule has 7 rings (SSSR count). The van der Waals surface area contributed by atoms with Crippen molar-refractivity contribution in [1.29, 1.82) is 0 Å². The lowest BCUT2D eigenvalue weighted by Crippen LogP contribution is -2.53. The van der Waals surface area contributed by atoms with Crippen LogP contribution in [0.4, 0.5) is 0 Å². The summed E-state index contributed by atoms with van der Waals surface area (Å²) in [6.45, 7) is 36.8. The molecule has 0 aromatic heterocycles. The Kier molecular flexibility index (Phi) is 16.3. The Hall–Kier alpha value is -4.24. The molecule has 1 heterocycles. The maximum Gasteiger partial charge on any atom is 0.0519 e. The van der Waals surface area contributed by atoms with Crippen LogP contribution < -0.4 is 0 Å². The molecule has 2 heteroatoms. The average molecular weight is 897 g/mol. The molecule has 4 aromatic rings. The maximum absolute atomic E-state index is 2.93. The van der Waals surface area contributed by atoms with E-state index in [0.717, 1.165) is 71.1 Å². The minimum absolute atomic E-state index is 0.134. The van der Waals surface area contributed by atoms with Crippen LogP contribution in [0.1, 0.15) is 187 Å².